The molecule has 172 valence electrons. The SMILES string of the molecule is CCOc1ccc(NC(=O)[C@@H]2CC(=O)N(Cc3ccco3)C2)cc1S(=O)(=O)N1CCCC1. The van der Waals surface area contributed by atoms with Crippen molar-refractivity contribution in [3.63, 3.8) is 0 Å². The van der Waals surface area contributed by atoms with E-state index < -0.39 is 15.9 Å². The van der Waals surface area contributed by atoms with E-state index in [0.29, 0.717) is 37.7 Å². The zero-order valence-corrected chi connectivity index (χ0v) is 18.8. The molecular weight excluding hydrogens is 434 g/mol. The Hall–Kier alpha value is -2.85. The number of anilines is 1. The van der Waals surface area contributed by atoms with Crippen molar-refractivity contribution < 1.29 is 27.2 Å². The van der Waals surface area contributed by atoms with E-state index in [-0.39, 0.29) is 35.4 Å². The highest BCUT2D eigenvalue weighted by atomic mass is 32.2. The monoisotopic (exact) mass is 461 g/mol. The lowest BCUT2D eigenvalue weighted by atomic mass is 10.1. The molecule has 10 heteroatoms. The van der Waals surface area contributed by atoms with Gasteiger partial charge in [-0.15, -0.1) is 0 Å². The highest BCUT2D eigenvalue weighted by Gasteiger charge is 2.35. The molecule has 0 bridgehead atoms. The van der Waals surface area contributed by atoms with Gasteiger partial charge in [0.15, 0.2) is 0 Å². The molecule has 2 aliphatic rings. The number of hydrogen-bond donors (Lipinski definition) is 1. The summed E-state index contributed by atoms with van der Waals surface area (Å²) in [6.45, 7) is 3.65. The van der Waals surface area contributed by atoms with Crippen LogP contribution in [0.15, 0.2) is 45.9 Å². The van der Waals surface area contributed by atoms with Gasteiger partial charge in [-0.2, -0.15) is 4.31 Å². The average Bonchev–Trinajstić information content (AvgIpc) is 3.53. The van der Waals surface area contributed by atoms with Gasteiger partial charge in [0.1, 0.15) is 16.4 Å². The summed E-state index contributed by atoms with van der Waals surface area (Å²) >= 11 is 0. The third kappa shape index (κ3) is 4.66. The summed E-state index contributed by atoms with van der Waals surface area (Å²) in [5.41, 5.74) is 0.355. The van der Waals surface area contributed by atoms with E-state index in [9.17, 15) is 18.0 Å². The number of nitrogens with zero attached hydrogens (tertiary/aromatic N) is 2. The second-order valence-electron chi connectivity index (χ2n) is 7.95. The van der Waals surface area contributed by atoms with Gasteiger partial charge in [0.2, 0.25) is 21.8 Å². The van der Waals surface area contributed by atoms with Crippen molar-refractivity contribution in [3.05, 3.63) is 42.4 Å². The van der Waals surface area contributed by atoms with Gasteiger partial charge in [0, 0.05) is 31.7 Å². The molecule has 3 heterocycles. The van der Waals surface area contributed by atoms with E-state index >= 15 is 0 Å². The predicted molar refractivity (Wildman–Crippen MR) is 116 cm³/mol. The summed E-state index contributed by atoms with van der Waals surface area (Å²) in [6.07, 6.45) is 3.29. The van der Waals surface area contributed by atoms with Crippen LogP contribution in [0.25, 0.3) is 0 Å². The molecule has 4 rings (SSSR count). The average molecular weight is 462 g/mol. The summed E-state index contributed by atoms with van der Waals surface area (Å²) in [4.78, 5) is 26.8. The van der Waals surface area contributed by atoms with Crippen LogP contribution in [0.5, 0.6) is 5.75 Å². The molecule has 9 nitrogen and oxygen atoms in total. The van der Waals surface area contributed by atoms with E-state index in [1.54, 1.807) is 42.4 Å². The third-order valence-electron chi connectivity index (χ3n) is 5.71. The predicted octanol–water partition coefficient (Wildman–Crippen LogP) is 2.45. The molecule has 0 unspecified atom stereocenters. The molecule has 1 aromatic heterocycles. The van der Waals surface area contributed by atoms with E-state index in [0.717, 1.165) is 12.8 Å². The number of rotatable bonds is 8. The van der Waals surface area contributed by atoms with Gasteiger partial charge in [-0.25, -0.2) is 8.42 Å². The van der Waals surface area contributed by atoms with Crippen molar-refractivity contribution in [2.24, 2.45) is 5.92 Å². The maximum absolute atomic E-state index is 13.1. The Morgan fingerprint density at radius 3 is 2.72 bits per heavy atom. The number of carbonyl (C=O) groups is 2. The number of benzene rings is 1. The van der Waals surface area contributed by atoms with Crippen LogP contribution in [0.3, 0.4) is 0 Å². The van der Waals surface area contributed by atoms with Crippen molar-refractivity contribution >= 4 is 27.5 Å². The first-order valence-electron chi connectivity index (χ1n) is 10.8. The molecule has 0 spiro atoms. The van der Waals surface area contributed by atoms with E-state index in [1.807, 2.05) is 0 Å². The lowest BCUT2D eigenvalue weighted by molar-refractivity contribution is -0.128. The van der Waals surface area contributed by atoms with Crippen molar-refractivity contribution in [2.45, 2.75) is 37.6 Å². The van der Waals surface area contributed by atoms with Crippen LogP contribution in [0.2, 0.25) is 0 Å². The zero-order chi connectivity index (χ0) is 22.7. The smallest absolute Gasteiger partial charge is 0.246 e. The van der Waals surface area contributed by atoms with E-state index in [4.69, 9.17) is 9.15 Å². The summed E-state index contributed by atoms with van der Waals surface area (Å²) in [7, 11) is -3.73. The second kappa shape index (κ2) is 9.33. The number of nitrogens with one attached hydrogen (secondary N) is 1. The van der Waals surface area contributed by atoms with Crippen LogP contribution in [-0.4, -0.2) is 55.7 Å². The molecule has 0 aliphatic carbocycles. The largest absolute Gasteiger partial charge is 0.492 e. The Labute approximate surface area is 187 Å². The van der Waals surface area contributed by atoms with Crippen LogP contribution < -0.4 is 10.1 Å². The standard InChI is InChI=1S/C22H27N3O6S/c1-2-30-19-8-7-17(13-20(19)32(28,29)25-9-3-4-10-25)23-22(27)16-12-21(26)24(14-16)15-18-6-5-11-31-18/h5-8,11,13,16H,2-4,9-10,12,14-15H2,1H3,(H,23,27)/t16-/m1/s1. The molecule has 2 amide bonds. The summed E-state index contributed by atoms with van der Waals surface area (Å²) in [5, 5.41) is 2.78. The minimum absolute atomic E-state index is 0.0426. The lowest BCUT2D eigenvalue weighted by Crippen LogP contribution is -2.29. The van der Waals surface area contributed by atoms with Crippen LogP contribution in [0.1, 0.15) is 31.9 Å². The first-order valence-corrected chi connectivity index (χ1v) is 12.2. The molecule has 2 aliphatic heterocycles. The van der Waals surface area contributed by atoms with E-state index in [2.05, 4.69) is 5.32 Å². The van der Waals surface area contributed by atoms with Crippen molar-refractivity contribution in [2.75, 3.05) is 31.6 Å². The Morgan fingerprint density at radius 2 is 2.03 bits per heavy atom. The second-order valence-corrected chi connectivity index (χ2v) is 9.86. The van der Waals surface area contributed by atoms with Gasteiger partial charge >= 0.3 is 0 Å². The van der Waals surface area contributed by atoms with Gasteiger partial charge in [0.05, 0.1) is 25.3 Å². The summed E-state index contributed by atoms with van der Waals surface area (Å²) in [5.74, 6) is -0.0528. The molecule has 2 saturated heterocycles. The fraction of sp³-hybridized carbons (Fsp3) is 0.455. The fourth-order valence-electron chi connectivity index (χ4n) is 4.07. The number of furan rings is 1. The normalized spacial score (nSPS) is 19.5. The van der Waals surface area contributed by atoms with E-state index in [1.165, 1.54) is 10.4 Å². The zero-order valence-electron chi connectivity index (χ0n) is 18.0. The quantitative estimate of drug-likeness (QED) is 0.647. The third-order valence-corrected chi connectivity index (χ3v) is 7.63. The number of ether oxygens (including phenoxy) is 1. The van der Waals surface area contributed by atoms with Crippen LogP contribution >= 0.6 is 0 Å². The number of hydrogen-bond acceptors (Lipinski definition) is 6. The van der Waals surface area contributed by atoms with Crippen molar-refractivity contribution in [3.8, 4) is 5.75 Å². The van der Waals surface area contributed by atoms with Crippen LogP contribution in [-0.2, 0) is 26.2 Å². The number of carbonyl (C=O) groups excluding carboxylic acids is 2. The lowest BCUT2D eigenvalue weighted by Gasteiger charge is -2.19. The molecular formula is C22H27N3O6S. The molecule has 1 atom stereocenters. The molecule has 2 fully saturated rings. The summed E-state index contributed by atoms with van der Waals surface area (Å²) in [6, 6.07) is 8.14. The Bertz CT molecular complexity index is 1080. The highest BCUT2D eigenvalue weighted by molar-refractivity contribution is 7.89. The molecule has 0 radical (unpaired) electrons. The Kier molecular flexibility index (Phi) is 6.52. The molecule has 0 saturated carbocycles. The topological polar surface area (TPSA) is 109 Å². The first kappa shape index (κ1) is 22.3. The molecule has 32 heavy (non-hydrogen) atoms. The van der Waals surface area contributed by atoms with Crippen molar-refractivity contribution in [1.29, 1.82) is 0 Å². The Morgan fingerprint density at radius 1 is 1.25 bits per heavy atom. The fourth-order valence-corrected chi connectivity index (χ4v) is 5.74. The van der Waals surface area contributed by atoms with Gasteiger partial charge in [-0.3, -0.25) is 9.59 Å². The van der Waals surface area contributed by atoms with Gasteiger partial charge in [-0.05, 0) is 50.1 Å². The van der Waals surface area contributed by atoms with Gasteiger partial charge in [0.25, 0.3) is 0 Å². The number of sulfonamides is 1. The molecule has 1 N–H and O–H groups in total. The maximum atomic E-state index is 13.1. The molecule has 1 aromatic carbocycles. The Balaban J connectivity index is 1.49. The minimum atomic E-state index is -3.73. The first-order chi connectivity index (χ1) is 15.4. The van der Waals surface area contributed by atoms with Gasteiger partial charge < -0.3 is 19.4 Å². The molecule has 2 aromatic rings. The minimum Gasteiger partial charge on any atom is -0.492 e. The number of amides is 2. The van der Waals surface area contributed by atoms with Crippen molar-refractivity contribution in [1.82, 2.24) is 9.21 Å². The number of likely N-dealkylation sites (tertiary alicyclic amines) is 1. The van der Waals surface area contributed by atoms with Gasteiger partial charge in [-0.1, -0.05) is 0 Å². The van der Waals surface area contributed by atoms with Crippen LogP contribution in [0, 0.1) is 5.92 Å². The van der Waals surface area contributed by atoms with Crippen LogP contribution in [0.4, 0.5) is 5.69 Å². The highest BCUT2D eigenvalue weighted by Crippen LogP contribution is 2.32. The maximum Gasteiger partial charge on any atom is 0.246 e. The summed E-state index contributed by atoms with van der Waals surface area (Å²) < 4.78 is 38.5.